The molecule has 0 spiro atoms. The molecule has 432 valence electrons. The molecule has 0 saturated carbocycles. The van der Waals surface area contributed by atoms with Gasteiger partial charge in [0.2, 0.25) is 0 Å². The zero-order chi connectivity index (χ0) is 55.1. The lowest BCUT2D eigenvalue weighted by Crippen LogP contribution is -2.44. The van der Waals surface area contributed by atoms with Crippen LogP contribution in [0.15, 0.2) is 0 Å². The summed E-state index contributed by atoms with van der Waals surface area (Å²) in [4.78, 5) is 95.2. The minimum absolute atomic E-state index is 0.0330. The summed E-state index contributed by atoms with van der Waals surface area (Å²) < 4.78 is 40.2. The van der Waals surface area contributed by atoms with E-state index in [1.807, 2.05) is 19.0 Å². The lowest BCUT2D eigenvalue weighted by Gasteiger charge is -2.31. The van der Waals surface area contributed by atoms with E-state index in [0.717, 1.165) is 154 Å². The molecule has 0 aromatic carbocycles. The first-order valence-corrected chi connectivity index (χ1v) is 29.5. The van der Waals surface area contributed by atoms with Crippen LogP contribution in [-0.4, -0.2) is 112 Å². The molecule has 0 amide bonds. The number of unbranched alkanes of at least 4 members (excludes halogenated alkanes) is 18. The molecule has 0 saturated heterocycles. The zero-order valence-electron chi connectivity index (χ0n) is 48.2. The fourth-order valence-corrected chi connectivity index (χ4v) is 8.56. The highest BCUT2D eigenvalue weighted by Gasteiger charge is 2.39. The normalized spacial score (nSPS) is 11.6. The van der Waals surface area contributed by atoms with Crippen LogP contribution in [-0.2, 0) is 66.7 Å². The van der Waals surface area contributed by atoms with Crippen LogP contribution in [0.3, 0.4) is 0 Å². The Morgan fingerprint density at radius 1 is 0.324 bits per heavy atom. The number of carbonyl (C=O) groups is 7. The zero-order valence-corrected chi connectivity index (χ0v) is 48.2. The summed E-state index contributed by atoms with van der Waals surface area (Å²) in [5.74, 6) is -5.71. The van der Waals surface area contributed by atoms with Crippen molar-refractivity contribution in [2.45, 2.75) is 285 Å². The van der Waals surface area contributed by atoms with Crippen molar-refractivity contribution in [2.24, 2.45) is 5.41 Å². The third-order valence-corrected chi connectivity index (χ3v) is 13.2. The molecule has 15 nitrogen and oxygen atoms in total. The molecular formula is C59H107NO14. The van der Waals surface area contributed by atoms with Crippen molar-refractivity contribution in [3.05, 3.63) is 0 Å². The Morgan fingerprint density at radius 2 is 0.568 bits per heavy atom. The highest BCUT2D eigenvalue weighted by atomic mass is 16.6. The van der Waals surface area contributed by atoms with Crippen molar-refractivity contribution < 1.29 is 66.7 Å². The maximum absolute atomic E-state index is 13.5. The van der Waals surface area contributed by atoms with Gasteiger partial charge in [-0.25, -0.2) is 0 Å². The first-order chi connectivity index (χ1) is 35.7. The van der Waals surface area contributed by atoms with Gasteiger partial charge in [-0.15, -0.1) is 0 Å². The van der Waals surface area contributed by atoms with Gasteiger partial charge in [0, 0.05) is 6.42 Å². The molecule has 0 N–H and O–H groups in total. The van der Waals surface area contributed by atoms with Crippen LogP contribution in [0.1, 0.15) is 266 Å². The summed E-state index contributed by atoms with van der Waals surface area (Å²) in [7, 11) is 3.75. The number of ether oxygens (including phenoxy) is 7. The Kier molecular flexibility index (Phi) is 45.3. The van der Waals surface area contributed by atoms with Gasteiger partial charge in [0.1, 0.15) is 69.4 Å². The Morgan fingerprint density at radius 3 is 0.797 bits per heavy atom. The van der Waals surface area contributed by atoms with Crippen LogP contribution < -0.4 is 0 Å². The van der Waals surface area contributed by atoms with Crippen molar-refractivity contribution in [3.63, 3.8) is 0 Å². The topological polar surface area (TPSA) is 187 Å². The molecule has 15 heteroatoms. The van der Waals surface area contributed by atoms with E-state index in [9.17, 15) is 33.6 Å². The van der Waals surface area contributed by atoms with Crippen LogP contribution in [0.2, 0.25) is 0 Å². The van der Waals surface area contributed by atoms with Crippen molar-refractivity contribution in [2.75, 3.05) is 47.1 Å². The molecule has 0 aromatic rings. The molecule has 0 aliphatic rings. The van der Waals surface area contributed by atoms with Gasteiger partial charge in [-0.2, -0.15) is 0 Å². The molecule has 0 bridgehead atoms. The van der Waals surface area contributed by atoms with E-state index < -0.39 is 92.9 Å². The lowest BCUT2D eigenvalue weighted by molar-refractivity contribution is -0.172. The maximum atomic E-state index is 13.5. The van der Waals surface area contributed by atoms with Gasteiger partial charge in [0.15, 0.2) is 0 Å². The van der Waals surface area contributed by atoms with Crippen LogP contribution in [0, 0.1) is 5.41 Å². The summed E-state index contributed by atoms with van der Waals surface area (Å²) >= 11 is 0. The monoisotopic (exact) mass is 1050 g/mol. The average molecular weight is 1050 g/mol. The number of carbonyl (C=O) groups excluding carboxylic acids is 7. The lowest BCUT2D eigenvalue weighted by atomic mass is 9.92. The molecule has 74 heavy (non-hydrogen) atoms. The van der Waals surface area contributed by atoms with E-state index in [0.29, 0.717) is 51.5 Å². The standard InChI is InChI=1S/C59H107NO14/c1-9-15-21-27-34-49(35-28-22-16-10-2)72-56(65)42-53(62)69-46-59(45-68-52(61)40-33-41-60(7)8,47-70-54(63)43-57(66)73-50(36-29-23-17-11-3)37-30-24-18-12-4)48-71-55(64)44-58(67)74-51(38-31-25-19-13-5)39-32-26-20-14-6/h49-51H,9-48H2,1-8H3. The summed E-state index contributed by atoms with van der Waals surface area (Å²) in [6, 6.07) is 0. The maximum Gasteiger partial charge on any atom is 0.317 e. The predicted molar refractivity (Wildman–Crippen MR) is 290 cm³/mol. The smallest absolute Gasteiger partial charge is 0.317 e. The molecule has 0 radical (unpaired) electrons. The third-order valence-electron chi connectivity index (χ3n) is 13.2. The summed E-state index contributed by atoms with van der Waals surface area (Å²) in [5, 5.41) is 0. The van der Waals surface area contributed by atoms with Gasteiger partial charge in [-0.3, -0.25) is 33.6 Å². The van der Waals surface area contributed by atoms with Crippen LogP contribution in [0.4, 0.5) is 0 Å². The van der Waals surface area contributed by atoms with Crippen LogP contribution in [0.25, 0.3) is 0 Å². The van der Waals surface area contributed by atoms with Gasteiger partial charge in [0.25, 0.3) is 0 Å². The molecule has 0 heterocycles. The van der Waals surface area contributed by atoms with Gasteiger partial charge in [0.05, 0.1) is 0 Å². The van der Waals surface area contributed by atoms with Crippen LogP contribution in [0.5, 0.6) is 0 Å². The van der Waals surface area contributed by atoms with Crippen molar-refractivity contribution in [3.8, 4) is 0 Å². The van der Waals surface area contributed by atoms with E-state index >= 15 is 0 Å². The third kappa shape index (κ3) is 41.5. The van der Waals surface area contributed by atoms with Gasteiger partial charge >= 0.3 is 41.8 Å². The van der Waals surface area contributed by atoms with E-state index in [1.54, 1.807) is 0 Å². The highest BCUT2D eigenvalue weighted by molar-refractivity contribution is 5.92. The first kappa shape index (κ1) is 70.2. The quantitative estimate of drug-likeness (QED) is 0.0242. The predicted octanol–water partition coefficient (Wildman–Crippen LogP) is 13.2. The largest absolute Gasteiger partial charge is 0.465 e. The Labute approximate surface area is 449 Å². The molecule has 0 aromatic heterocycles. The first-order valence-electron chi connectivity index (χ1n) is 29.5. The van der Waals surface area contributed by atoms with E-state index in [4.69, 9.17) is 33.2 Å². The minimum atomic E-state index is -1.72. The number of nitrogens with zero attached hydrogens (tertiary/aromatic N) is 1. The molecule has 0 aliphatic heterocycles. The molecule has 0 rings (SSSR count). The second-order valence-electron chi connectivity index (χ2n) is 21.0. The minimum Gasteiger partial charge on any atom is -0.465 e. The highest BCUT2D eigenvalue weighted by Crippen LogP contribution is 2.25. The Bertz CT molecular complexity index is 1290. The van der Waals surface area contributed by atoms with Crippen molar-refractivity contribution in [1.82, 2.24) is 4.90 Å². The number of esters is 7. The summed E-state index contributed by atoms with van der Waals surface area (Å²) in [6.45, 7) is 10.9. The van der Waals surface area contributed by atoms with E-state index in [-0.39, 0.29) is 24.7 Å². The number of hydrogen-bond donors (Lipinski definition) is 0. The summed E-state index contributed by atoms with van der Waals surface area (Å²) in [6.07, 6.45) is 25.7. The molecule has 0 unspecified atom stereocenters. The van der Waals surface area contributed by atoms with Crippen molar-refractivity contribution in [1.29, 1.82) is 0 Å². The van der Waals surface area contributed by atoms with E-state index in [1.165, 1.54) is 0 Å². The van der Waals surface area contributed by atoms with Gasteiger partial charge in [-0.1, -0.05) is 157 Å². The van der Waals surface area contributed by atoms with Crippen molar-refractivity contribution >= 4 is 41.8 Å². The average Bonchev–Trinajstić information content (AvgIpc) is 3.36. The molecule has 0 fully saturated rings. The Hall–Kier alpha value is -3.75. The van der Waals surface area contributed by atoms with Gasteiger partial charge < -0.3 is 38.1 Å². The molecule has 0 aliphatic carbocycles. The van der Waals surface area contributed by atoms with E-state index in [2.05, 4.69) is 41.5 Å². The van der Waals surface area contributed by atoms with Crippen LogP contribution >= 0.6 is 0 Å². The Balaban J connectivity index is 6.57. The number of rotatable bonds is 51. The molecule has 0 atom stereocenters. The fraction of sp³-hybridized carbons (Fsp3) is 0.881. The second-order valence-corrected chi connectivity index (χ2v) is 21.0. The number of hydrogen-bond acceptors (Lipinski definition) is 15. The second kappa shape index (κ2) is 47.7. The SMILES string of the molecule is CCCCCCC(CCCCCC)OC(=O)CC(=O)OCC(COC(=O)CCCN(C)C)(COC(=O)CC(=O)OC(CCCCCC)CCCCCC)COC(=O)CC(=O)OC(CCCCCC)CCCCCC. The summed E-state index contributed by atoms with van der Waals surface area (Å²) in [5.41, 5.74) is -1.72. The molecular weight excluding hydrogens is 947 g/mol. The van der Waals surface area contributed by atoms with Gasteiger partial charge in [-0.05, 0) is 104 Å². The fourth-order valence-electron chi connectivity index (χ4n) is 8.56.